The second-order valence-corrected chi connectivity index (χ2v) is 5.28. The Kier molecular flexibility index (Phi) is 6.72. The smallest absolute Gasteiger partial charge is 0.339 e. The lowest BCUT2D eigenvalue weighted by Gasteiger charge is -2.13. The summed E-state index contributed by atoms with van der Waals surface area (Å²) >= 11 is 0. The van der Waals surface area contributed by atoms with Gasteiger partial charge in [0.15, 0.2) is 0 Å². The second-order valence-electron chi connectivity index (χ2n) is 5.28. The van der Waals surface area contributed by atoms with Gasteiger partial charge in [-0.25, -0.2) is 9.59 Å². The van der Waals surface area contributed by atoms with E-state index in [4.69, 9.17) is 9.47 Å². The van der Waals surface area contributed by atoms with E-state index >= 15 is 0 Å². The van der Waals surface area contributed by atoms with Gasteiger partial charge in [-0.1, -0.05) is 67.8 Å². The molecule has 0 aromatic heterocycles. The average molecular weight is 336 g/mol. The van der Waals surface area contributed by atoms with Crippen molar-refractivity contribution in [2.24, 2.45) is 0 Å². The molecule has 0 fully saturated rings. The van der Waals surface area contributed by atoms with E-state index in [1.807, 2.05) is 36.4 Å². The zero-order valence-electron chi connectivity index (χ0n) is 13.9. The van der Waals surface area contributed by atoms with E-state index in [0.717, 1.165) is 5.56 Å². The molecule has 0 saturated heterocycles. The first-order chi connectivity index (χ1) is 12.2. The fraction of sp³-hybridized carbons (Fsp3) is 0.143. The summed E-state index contributed by atoms with van der Waals surface area (Å²) in [5, 5.41) is 0. The Morgan fingerprint density at radius 3 is 2.12 bits per heavy atom. The first-order valence-electron chi connectivity index (χ1n) is 7.89. The van der Waals surface area contributed by atoms with Crippen LogP contribution in [0.1, 0.15) is 31.8 Å². The molecular weight excluding hydrogens is 316 g/mol. The van der Waals surface area contributed by atoms with Crippen molar-refractivity contribution in [3.63, 3.8) is 0 Å². The maximum absolute atomic E-state index is 12.5. The average Bonchev–Trinajstić information content (AvgIpc) is 2.64. The van der Waals surface area contributed by atoms with Crippen molar-refractivity contribution in [2.45, 2.75) is 6.42 Å². The summed E-state index contributed by atoms with van der Waals surface area (Å²) < 4.78 is 10.3. The Morgan fingerprint density at radius 2 is 1.48 bits per heavy atom. The molecule has 0 bridgehead atoms. The first kappa shape index (κ1) is 18.2. The molecule has 4 heteroatoms. The molecule has 25 heavy (non-hydrogen) atoms. The van der Waals surface area contributed by atoms with Gasteiger partial charge in [-0.05, 0) is 23.6 Å². The lowest BCUT2D eigenvalue weighted by molar-refractivity contribution is 0.0502. The van der Waals surface area contributed by atoms with Crippen LogP contribution in [-0.2, 0) is 15.9 Å². The number of esters is 2. The summed E-state index contributed by atoms with van der Waals surface area (Å²) in [4.78, 5) is 24.8. The molecule has 2 aromatic rings. The topological polar surface area (TPSA) is 52.6 Å². The molecule has 0 amide bonds. The van der Waals surface area contributed by atoms with Crippen LogP contribution in [0.15, 0.2) is 73.8 Å². The third-order valence-corrected chi connectivity index (χ3v) is 3.48. The SMILES string of the molecule is C=CCOC(=O)c1cccc(Cc2ccccc2)c1C(=O)OCC=C. The van der Waals surface area contributed by atoms with Crippen molar-refractivity contribution in [2.75, 3.05) is 13.2 Å². The number of carbonyl (C=O) groups excluding carboxylic acids is 2. The maximum atomic E-state index is 12.5. The van der Waals surface area contributed by atoms with E-state index < -0.39 is 11.9 Å². The van der Waals surface area contributed by atoms with Crippen LogP contribution in [-0.4, -0.2) is 25.2 Å². The molecule has 2 rings (SSSR count). The maximum Gasteiger partial charge on any atom is 0.339 e. The molecule has 0 aliphatic carbocycles. The number of carbonyl (C=O) groups is 2. The highest BCUT2D eigenvalue weighted by Crippen LogP contribution is 2.21. The van der Waals surface area contributed by atoms with E-state index in [2.05, 4.69) is 13.2 Å². The van der Waals surface area contributed by atoms with Crippen molar-refractivity contribution in [3.8, 4) is 0 Å². The Balaban J connectivity index is 2.42. The van der Waals surface area contributed by atoms with Gasteiger partial charge in [0, 0.05) is 0 Å². The Labute approximate surface area is 147 Å². The largest absolute Gasteiger partial charge is 0.458 e. The molecule has 0 N–H and O–H groups in total. The molecule has 0 radical (unpaired) electrons. The predicted molar refractivity (Wildman–Crippen MR) is 96.6 cm³/mol. The number of hydrogen-bond acceptors (Lipinski definition) is 4. The molecule has 4 nitrogen and oxygen atoms in total. The highest BCUT2D eigenvalue weighted by Gasteiger charge is 2.23. The van der Waals surface area contributed by atoms with Crippen LogP contribution in [0.25, 0.3) is 0 Å². The van der Waals surface area contributed by atoms with Crippen LogP contribution in [0, 0.1) is 0 Å². The summed E-state index contributed by atoms with van der Waals surface area (Å²) in [5.74, 6) is -1.16. The zero-order chi connectivity index (χ0) is 18.1. The molecule has 0 heterocycles. The first-order valence-corrected chi connectivity index (χ1v) is 7.89. The van der Waals surface area contributed by atoms with Gasteiger partial charge in [0.25, 0.3) is 0 Å². The molecule has 0 aliphatic rings. The fourth-order valence-electron chi connectivity index (χ4n) is 2.39. The minimum atomic E-state index is -0.583. The lowest BCUT2D eigenvalue weighted by atomic mass is 9.95. The van der Waals surface area contributed by atoms with Gasteiger partial charge >= 0.3 is 11.9 Å². The molecule has 0 atom stereocenters. The monoisotopic (exact) mass is 336 g/mol. The van der Waals surface area contributed by atoms with E-state index in [9.17, 15) is 9.59 Å². The standard InChI is InChI=1S/C21H20O4/c1-3-13-24-20(22)18-12-8-11-17(15-16-9-6-5-7-10-16)19(18)21(23)25-14-4-2/h3-12H,1-2,13-15H2. The molecule has 128 valence electrons. The summed E-state index contributed by atoms with van der Waals surface area (Å²) in [7, 11) is 0. The summed E-state index contributed by atoms with van der Waals surface area (Å²) in [5.41, 5.74) is 2.14. The fourth-order valence-corrected chi connectivity index (χ4v) is 2.39. The Bertz CT molecular complexity index is 763. The van der Waals surface area contributed by atoms with E-state index in [-0.39, 0.29) is 24.3 Å². The second kappa shape index (κ2) is 9.23. The highest BCUT2D eigenvalue weighted by molar-refractivity contribution is 6.04. The molecular formula is C21H20O4. The molecule has 0 spiro atoms. The molecule has 0 aliphatic heterocycles. The number of benzene rings is 2. The molecule has 2 aromatic carbocycles. The van der Waals surface area contributed by atoms with Crippen LogP contribution in [0.4, 0.5) is 0 Å². The van der Waals surface area contributed by atoms with Crippen LogP contribution in [0.3, 0.4) is 0 Å². The Morgan fingerprint density at radius 1 is 0.840 bits per heavy atom. The number of rotatable bonds is 8. The van der Waals surface area contributed by atoms with Gasteiger partial charge in [0.05, 0.1) is 11.1 Å². The van der Waals surface area contributed by atoms with Gasteiger partial charge < -0.3 is 9.47 Å². The highest BCUT2D eigenvalue weighted by atomic mass is 16.5. The third kappa shape index (κ3) is 4.91. The van der Waals surface area contributed by atoms with Crippen LogP contribution >= 0.6 is 0 Å². The summed E-state index contributed by atoms with van der Waals surface area (Å²) in [6.07, 6.45) is 3.46. The summed E-state index contributed by atoms with van der Waals surface area (Å²) in [6, 6.07) is 14.8. The van der Waals surface area contributed by atoms with Gasteiger partial charge in [-0.15, -0.1) is 0 Å². The summed E-state index contributed by atoms with van der Waals surface area (Å²) in [6.45, 7) is 7.19. The Hall–Kier alpha value is -3.14. The quantitative estimate of drug-likeness (QED) is 0.541. The van der Waals surface area contributed by atoms with Crippen molar-refractivity contribution < 1.29 is 19.1 Å². The lowest BCUT2D eigenvalue weighted by Crippen LogP contribution is -2.17. The van der Waals surface area contributed by atoms with Gasteiger partial charge in [-0.2, -0.15) is 0 Å². The van der Waals surface area contributed by atoms with E-state index in [1.165, 1.54) is 12.2 Å². The number of hydrogen-bond donors (Lipinski definition) is 0. The van der Waals surface area contributed by atoms with E-state index in [1.54, 1.807) is 12.1 Å². The van der Waals surface area contributed by atoms with Gasteiger partial charge in [-0.3, -0.25) is 0 Å². The minimum Gasteiger partial charge on any atom is -0.458 e. The number of ether oxygens (including phenoxy) is 2. The zero-order valence-corrected chi connectivity index (χ0v) is 13.9. The van der Waals surface area contributed by atoms with Crippen LogP contribution in [0.5, 0.6) is 0 Å². The van der Waals surface area contributed by atoms with Crippen molar-refractivity contribution >= 4 is 11.9 Å². The molecule has 0 saturated carbocycles. The van der Waals surface area contributed by atoms with Crippen molar-refractivity contribution in [1.82, 2.24) is 0 Å². The van der Waals surface area contributed by atoms with Crippen LogP contribution < -0.4 is 0 Å². The van der Waals surface area contributed by atoms with Crippen molar-refractivity contribution in [1.29, 1.82) is 0 Å². The normalized spacial score (nSPS) is 9.92. The predicted octanol–water partition coefficient (Wildman–Crippen LogP) is 3.96. The van der Waals surface area contributed by atoms with Gasteiger partial charge in [0.2, 0.25) is 0 Å². The van der Waals surface area contributed by atoms with Gasteiger partial charge in [0.1, 0.15) is 13.2 Å². The van der Waals surface area contributed by atoms with E-state index in [0.29, 0.717) is 12.0 Å². The van der Waals surface area contributed by atoms with Crippen LogP contribution in [0.2, 0.25) is 0 Å². The van der Waals surface area contributed by atoms with Crippen molar-refractivity contribution in [3.05, 3.63) is 96.1 Å². The molecule has 0 unspecified atom stereocenters. The third-order valence-electron chi connectivity index (χ3n) is 3.48. The minimum absolute atomic E-state index is 0.0691.